The van der Waals surface area contributed by atoms with Gasteiger partial charge >= 0.3 is 0 Å². The van der Waals surface area contributed by atoms with Crippen LogP contribution >= 0.6 is 0 Å². The lowest BCUT2D eigenvalue weighted by Crippen LogP contribution is -2.48. The molecule has 0 radical (unpaired) electrons. The van der Waals surface area contributed by atoms with E-state index >= 15 is 0 Å². The van der Waals surface area contributed by atoms with Crippen molar-refractivity contribution in [3.05, 3.63) is 101 Å². The second kappa shape index (κ2) is 12.5. The number of rotatable bonds is 10. The van der Waals surface area contributed by atoms with Gasteiger partial charge in [-0.25, -0.2) is 0 Å². The number of fused-ring (bicyclic) bond motifs is 1. The van der Waals surface area contributed by atoms with Crippen LogP contribution in [0.2, 0.25) is 0 Å². The highest BCUT2D eigenvalue weighted by molar-refractivity contribution is 5.79. The molecule has 2 heterocycles. The number of aliphatic hydroxyl groups excluding tert-OH is 1. The van der Waals surface area contributed by atoms with Gasteiger partial charge < -0.3 is 10.4 Å². The van der Waals surface area contributed by atoms with Crippen molar-refractivity contribution in [1.29, 1.82) is 0 Å². The minimum atomic E-state index is -0.541. The molecule has 5 rings (SSSR count). The standard InChI is InChI=1S/C31H38N4O2/c36-28(23-35-17-15-34(16-18-35)22-25-9-6-14-32-21-25)20-27(19-24-7-2-1-3-8-24)31(37)33-30-13-12-26-10-4-5-11-29(26)30/h1-11,14,21,27-28,30,36H,12-13,15-20,22-23H2,(H,33,37)/t27?,28?,30-/m1/s1. The molecule has 0 spiro atoms. The van der Waals surface area contributed by atoms with Crippen molar-refractivity contribution in [2.75, 3.05) is 32.7 Å². The van der Waals surface area contributed by atoms with Gasteiger partial charge in [0.15, 0.2) is 0 Å². The number of β-amino-alcohol motifs (C(OH)–C–C–N with tert-alkyl or cyclic N) is 1. The summed E-state index contributed by atoms with van der Waals surface area (Å²) < 4.78 is 0. The predicted octanol–water partition coefficient (Wildman–Crippen LogP) is 3.61. The molecular formula is C31H38N4O2. The average molecular weight is 499 g/mol. The molecule has 37 heavy (non-hydrogen) atoms. The number of hydrogen-bond donors (Lipinski definition) is 2. The van der Waals surface area contributed by atoms with Crippen molar-refractivity contribution < 1.29 is 9.90 Å². The van der Waals surface area contributed by atoms with Crippen molar-refractivity contribution in [3.63, 3.8) is 0 Å². The number of hydrogen-bond acceptors (Lipinski definition) is 5. The number of carbonyl (C=O) groups excluding carboxylic acids is 1. The molecule has 3 aromatic rings. The number of benzene rings is 2. The highest BCUT2D eigenvalue weighted by atomic mass is 16.3. The third-order valence-electron chi connectivity index (χ3n) is 7.76. The van der Waals surface area contributed by atoms with Crippen molar-refractivity contribution >= 4 is 5.91 Å². The first-order valence-electron chi connectivity index (χ1n) is 13.6. The zero-order valence-electron chi connectivity index (χ0n) is 21.5. The predicted molar refractivity (Wildman–Crippen MR) is 146 cm³/mol. The van der Waals surface area contributed by atoms with Crippen LogP contribution in [-0.2, 0) is 24.2 Å². The third-order valence-corrected chi connectivity index (χ3v) is 7.76. The van der Waals surface area contributed by atoms with Gasteiger partial charge in [-0.1, -0.05) is 60.7 Å². The molecule has 6 heteroatoms. The summed E-state index contributed by atoms with van der Waals surface area (Å²) in [6.45, 7) is 5.30. The van der Waals surface area contributed by atoms with Gasteiger partial charge in [-0.15, -0.1) is 0 Å². The maximum atomic E-state index is 13.5. The van der Waals surface area contributed by atoms with E-state index in [4.69, 9.17) is 0 Å². The molecule has 3 atom stereocenters. The minimum absolute atomic E-state index is 0.0471. The quantitative estimate of drug-likeness (QED) is 0.447. The first-order valence-corrected chi connectivity index (χ1v) is 13.6. The number of amides is 1. The van der Waals surface area contributed by atoms with E-state index in [0.29, 0.717) is 19.4 Å². The van der Waals surface area contributed by atoms with Gasteiger partial charge in [0, 0.05) is 57.6 Å². The number of aromatic nitrogens is 1. The van der Waals surface area contributed by atoms with Crippen molar-refractivity contribution in [1.82, 2.24) is 20.1 Å². The van der Waals surface area contributed by atoms with Crippen LogP contribution in [0.3, 0.4) is 0 Å². The molecule has 1 aromatic heterocycles. The fourth-order valence-electron chi connectivity index (χ4n) is 5.76. The maximum absolute atomic E-state index is 13.5. The Bertz CT molecular complexity index is 1130. The second-order valence-electron chi connectivity index (χ2n) is 10.5. The van der Waals surface area contributed by atoms with Gasteiger partial charge in [0.2, 0.25) is 5.91 Å². The summed E-state index contributed by atoms with van der Waals surface area (Å²) in [4.78, 5) is 22.5. The average Bonchev–Trinajstić information content (AvgIpc) is 3.33. The van der Waals surface area contributed by atoms with E-state index < -0.39 is 6.10 Å². The summed E-state index contributed by atoms with van der Waals surface area (Å²) >= 11 is 0. The molecule has 0 bridgehead atoms. The number of aliphatic hydroxyl groups is 1. The van der Waals surface area contributed by atoms with Gasteiger partial charge in [0.1, 0.15) is 0 Å². The Kier molecular flexibility index (Phi) is 8.61. The topological polar surface area (TPSA) is 68.7 Å². The molecule has 1 fully saturated rings. The molecule has 1 aliphatic heterocycles. The van der Waals surface area contributed by atoms with E-state index in [1.807, 2.05) is 36.5 Å². The van der Waals surface area contributed by atoms with Crippen LogP contribution in [0.1, 0.15) is 41.1 Å². The lowest BCUT2D eigenvalue weighted by atomic mass is 9.92. The Morgan fingerprint density at radius 3 is 2.46 bits per heavy atom. The van der Waals surface area contributed by atoms with Crippen LogP contribution in [0.15, 0.2) is 79.1 Å². The molecule has 2 aromatic carbocycles. The number of pyridine rings is 1. The van der Waals surface area contributed by atoms with E-state index in [-0.39, 0.29) is 17.9 Å². The zero-order valence-corrected chi connectivity index (χ0v) is 21.5. The lowest BCUT2D eigenvalue weighted by Gasteiger charge is -2.36. The monoisotopic (exact) mass is 498 g/mol. The van der Waals surface area contributed by atoms with Crippen molar-refractivity contribution in [2.45, 2.75) is 44.4 Å². The number of aryl methyl sites for hydroxylation is 1. The molecule has 194 valence electrons. The maximum Gasteiger partial charge on any atom is 0.224 e. The molecule has 6 nitrogen and oxygen atoms in total. The summed E-state index contributed by atoms with van der Waals surface area (Å²) in [5.74, 6) is -0.220. The Morgan fingerprint density at radius 2 is 1.68 bits per heavy atom. The molecule has 2 aliphatic rings. The zero-order chi connectivity index (χ0) is 25.5. The first kappa shape index (κ1) is 25.6. The molecule has 1 amide bonds. The third kappa shape index (κ3) is 7.04. The first-order chi connectivity index (χ1) is 18.1. The number of carbonyl (C=O) groups is 1. The van der Waals surface area contributed by atoms with Gasteiger partial charge in [0.25, 0.3) is 0 Å². The molecule has 0 saturated carbocycles. The summed E-state index contributed by atoms with van der Waals surface area (Å²) in [6, 6.07) is 22.7. The van der Waals surface area contributed by atoms with Crippen LogP contribution in [0.25, 0.3) is 0 Å². The van der Waals surface area contributed by atoms with Gasteiger partial charge in [-0.05, 0) is 54.0 Å². The molecule has 2 N–H and O–H groups in total. The Balaban J connectivity index is 1.16. The van der Waals surface area contributed by atoms with E-state index in [0.717, 1.165) is 51.1 Å². The summed E-state index contributed by atoms with van der Waals surface area (Å²) in [5, 5.41) is 14.4. The van der Waals surface area contributed by atoms with Crippen LogP contribution in [0.4, 0.5) is 0 Å². The number of nitrogens with one attached hydrogen (secondary N) is 1. The normalized spacial score (nSPS) is 19.8. The van der Waals surface area contributed by atoms with Crippen LogP contribution < -0.4 is 5.32 Å². The van der Waals surface area contributed by atoms with Crippen molar-refractivity contribution in [2.24, 2.45) is 5.92 Å². The van der Waals surface area contributed by atoms with Gasteiger partial charge in [0.05, 0.1) is 12.1 Å². The smallest absolute Gasteiger partial charge is 0.224 e. The fraction of sp³-hybridized carbons (Fsp3) is 0.419. The molecule has 2 unspecified atom stereocenters. The number of nitrogens with zero attached hydrogens (tertiary/aromatic N) is 3. The largest absolute Gasteiger partial charge is 0.392 e. The number of piperazine rings is 1. The van der Waals surface area contributed by atoms with E-state index in [2.05, 4.69) is 56.5 Å². The summed E-state index contributed by atoms with van der Waals surface area (Å²) in [6.07, 6.45) is 6.23. The summed E-state index contributed by atoms with van der Waals surface area (Å²) in [5.41, 5.74) is 4.93. The Hall–Kier alpha value is -3.06. The molecule has 1 saturated heterocycles. The lowest BCUT2D eigenvalue weighted by molar-refractivity contribution is -0.127. The Morgan fingerprint density at radius 1 is 0.946 bits per heavy atom. The summed E-state index contributed by atoms with van der Waals surface area (Å²) in [7, 11) is 0. The second-order valence-corrected chi connectivity index (χ2v) is 10.5. The van der Waals surface area contributed by atoms with Crippen molar-refractivity contribution in [3.8, 4) is 0 Å². The van der Waals surface area contributed by atoms with Crippen LogP contribution in [0.5, 0.6) is 0 Å². The SMILES string of the molecule is O=C(N[C@@H]1CCc2ccccc21)C(Cc1ccccc1)CC(O)CN1CCN(Cc2cccnc2)CC1. The highest BCUT2D eigenvalue weighted by Crippen LogP contribution is 2.31. The van der Waals surface area contributed by atoms with Gasteiger partial charge in [-0.3, -0.25) is 19.6 Å². The fourth-order valence-corrected chi connectivity index (χ4v) is 5.76. The Labute approximate surface area is 220 Å². The van der Waals surface area contributed by atoms with Crippen LogP contribution in [-0.4, -0.2) is 64.6 Å². The van der Waals surface area contributed by atoms with E-state index in [1.165, 1.54) is 16.7 Å². The van der Waals surface area contributed by atoms with Gasteiger partial charge in [-0.2, -0.15) is 0 Å². The molecule has 1 aliphatic carbocycles. The van der Waals surface area contributed by atoms with Crippen LogP contribution in [0, 0.1) is 5.92 Å². The minimum Gasteiger partial charge on any atom is -0.392 e. The molecular weight excluding hydrogens is 460 g/mol. The van der Waals surface area contributed by atoms with E-state index in [1.54, 1.807) is 6.20 Å². The van der Waals surface area contributed by atoms with E-state index in [9.17, 15) is 9.90 Å². The highest BCUT2D eigenvalue weighted by Gasteiger charge is 2.29.